The minimum atomic E-state index is -0.624. The molecule has 110 valence electrons. The Morgan fingerprint density at radius 2 is 1.80 bits per heavy atom. The number of aryl methyl sites for hydroxylation is 1. The Labute approximate surface area is 122 Å². The molecule has 2 aliphatic carbocycles. The Morgan fingerprint density at radius 3 is 2.50 bits per heavy atom. The number of aromatic nitrogens is 1. The second kappa shape index (κ2) is 5.85. The van der Waals surface area contributed by atoms with E-state index in [-0.39, 0.29) is 0 Å². The maximum Gasteiger partial charge on any atom is 0.0942 e. The molecule has 2 heteroatoms. The minimum Gasteiger partial charge on any atom is -0.385 e. The van der Waals surface area contributed by atoms with Gasteiger partial charge in [0.2, 0.25) is 0 Å². The zero-order chi connectivity index (χ0) is 14.0. The van der Waals surface area contributed by atoms with E-state index in [9.17, 15) is 5.11 Å². The summed E-state index contributed by atoms with van der Waals surface area (Å²) in [6.45, 7) is 2.01. The highest BCUT2D eigenvalue weighted by Gasteiger charge is 2.44. The zero-order valence-corrected chi connectivity index (χ0v) is 12.6. The lowest BCUT2D eigenvalue weighted by molar-refractivity contribution is -0.0837. The van der Waals surface area contributed by atoms with Crippen molar-refractivity contribution in [1.29, 1.82) is 0 Å². The van der Waals surface area contributed by atoms with E-state index in [2.05, 4.69) is 11.1 Å². The Morgan fingerprint density at radius 1 is 1.05 bits per heavy atom. The largest absolute Gasteiger partial charge is 0.385 e. The van der Waals surface area contributed by atoms with E-state index in [1.807, 2.05) is 19.2 Å². The fourth-order valence-corrected chi connectivity index (χ4v) is 4.43. The van der Waals surface area contributed by atoms with Crippen LogP contribution >= 0.6 is 0 Å². The van der Waals surface area contributed by atoms with Crippen LogP contribution in [0.25, 0.3) is 0 Å². The summed E-state index contributed by atoms with van der Waals surface area (Å²) in [7, 11) is 0. The molecule has 3 rings (SSSR count). The van der Waals surface area contributed by atoms with Crippen molar-refractivity contribution in [2.24, 2.45) is 11.8 Å². The first-order chi connectivity index (χ1) is 9.70. The van der Waals surface area contributed by atoms with Gasteiger partial charge in [-0.2, -0.15) is 0 Å². The number of hydrogen-bond acceptors (Lipinski definition) is 2. The molecule has 1 N–H and O–H groups in total. The highest BCUT2D eigenvalue weighted by molar-refractivity contribution is 5.23. The number of rotatable bonds is 2. The Kier molecular flexibility index (Phi) is 4.11. The predicted molar refractivity (Wildman–Crippen MR) is 81.4 cm³/mol. The van der Waals surface area contributed by atoms with Crippen LogP contribution in [-0.2, 0) is 5.60 Å². The molecule has 2 saturated carbocycles. The molecule has 0 aromatic carbocycles. The van der Waals surface area contributed by atoms with Crippen LogP contribution in [-0.4, -0.2) is 10.1 Å². The van der Waals surface area contributed by atoms with Gasteiger partial charge in [-0.3, -0.25) is 4.98 Å². The molecular weight excluding hydrogens is 246 g/mol. The van der Waals surface area contributed by atoms with Gasteiger partial charge in [0.1, 0.15) is 0 Å². The number of pyridine rings is 1. The lowest BCUT2D eigenvalue weighted by Gasteiger charge is -2.45. The van der Waals surface area contributed by atoms with Crippen molar-refractivity contribution < 1.29 is 5.11 Å². The summed E-state index contributed by atoms with van der Waals surface area (Å²) in [6.07, 6.45) is 13.2. The molecule has 2 fully saturated rings. The van der Waals surface area contributed by atoms with Crippen molar-refractivity contribution in [2.75, 3.05) is 0 Å². The molecule has 0 saturated heterocycles. The summed E-state index contributed by atoms with van der Waals surface area (Å²) >= 11 is 0. The van der Waals surface area contributed by atoms with Crippen molar-refractivity contribution in [3.8, 4) is 0 Å². The summed E-state index contributed by atoms with van der Waals surface area (Å²) in [4.78, 5) is 4.42. The van der Waals surface area contributed by atoms with E-state index >= 15 is 0 Å². The topological polar surface area (TPSA) is 33.1 Å². The number of nitrogens with zero attached hydrogens (tertiary/aromatic N) is 1. The van der Waals surface area contributed by atoms with Crippen molar-refractivity contribution >= 4 is 0 Å². The molecule has 2 atom stereocenters. The van der Waals surface area contributed by atoms with Crippen LogP contribution in [0.4, 0.5) is 0 Å². The van der Waals surface area contributed by atoms with Crippen LogP contribution in [0, 0.1) is 18.8 Å². The van der Waals surface area contributed by atoms with Crippen molar-refractivity contribution in [3.63, 3.8) is 0 Å². The van der Waals surface area contributed by atoms with Crippen LogP contribution in [0.1, 0.15) is 69.0 Å². The average Bonchev–Trinajstić information content (AvgIpc) is 2.49. The average molecular weight is 273 g/mol. The lowest BCUT2D eigenvalue weighted by atomic mass is 9.63. The fraction of sp³-hybridized carbons (Fsp3) is 0.722. The maximum atomic E-state index is 11.4. The summed E-state index contributed by atoms with van der Waals surface area (Å²) in [5.41, 5.74) is 1.46. The molecule has 1 aromatic rings. The van der Waals surface area contributed by atoms with E-state index in [0.717, 1.165) is 30.0 Å². The second-order valence-electron chi connectivity index (χ2n) is 6.86. The van der Waals surface area contributed by atoms with Gasteiger partial charge in [0.15, 0.2) is 0 Å². The van der Waals surface area contributed by atoms with Gasteiger partial charge >= 0.3 is 0 Å². The smallest absolute Gasteiger partial charge is 0.0942 e. The predicted octanol–water partition coefficient (Wildman–Crippen LogP) is 4.35. The summed E-state index contributed by atoms with van der Waals surface area (Å²) in [6, 6.07) is 4.14. The van der Waals surface area contributed by atoms with Gasteiger partial charge in [-0.15, -0.1) is 0 Å². The first-order valence-corrected chi connectivity index (χ1v) is 8.36. The van der Waals surface area contributed by atoms with Gasteiger partial charge in [-0.05, 0) is 37.7 Å². The van der Waals surface area contributed by atoms with E-state index in [4.69, 9.17) is 0 Å². The molecule has 1 heterocycles. The molecule has 0 spiro atoms. The summed E-state index contributed by atoms with van der Waals surface area (Å²) < 4.78 is 0. The Hall–Kier alpha value is -0.890. The van der Waals surface area contributed by atoms with Crippen LogP contribution in [0.5, 0.6) is 0 Å². The molecular formula is C18H27NO. The molecule has 0 amide bonds. The van der Waals surface area contributed by atoms with E-state index < -0.39 is 5.60 Å². The van der Waals surface area contributed by atoms with Gasteiger partial charge in [0.25, 0.3) is 0 Å². The van der Waals surface area contributed by atoms with Crippen LogP contribution < -0.4 is 0 Å². The molecule has 2 unspecified atom stereocenters. The highest BCUT2D eigenvalue weighted by atomic mass is 16.3. The highest BCUT2D eigenvalue weighted by Crippen LogP contribution is 2.48. The quantitative estimate of drug-likeness (QED) is 0.869. The monoisotopic (exact) mass is 273 g/mol. The molecule has 20 heavy (non-hydrogen) atoms. The first-order valence-electron chi connectivity index (χ1n) is 8.36. The Bertz CT molecular complexity index is 435. The van der Waals surface area contributed by atoms with Crippen molar-refractivity contribution in [2.45, 2.75) is 70.3 Å². The van der Waals surface area contributed by atoms with Gasteiger partial charge < -0.3 is 5.11 Å². The molecule has 2 nitrogen and oxygen atoms in total. The van der Waals surface area contributed by atoms with Gasteiger partial charge in [-0.1, -0.05) is 51.0 Å². The molecule has 0 radical (unpaired) electrons. The van der Waals surface area contributed by atoms with Gasteiger partial charge in [-0.25, -0.2) is 0 Å². The van der Waals surface area contributed by atoms with E-state index in [0.29, 0.717) is 5.92 Å². The molecule has 0 bridgehead atoms. The zero-order valence-electron chi connectivity index (χ0n) is 12.6. The summed E-state index contributed by atoms with van der Waals surface area (Å²) in [5, 5.41) is 11.4. The molecule has 2 aliphatic rings. The van der Waals surface area contributed by atoms with Gasteiger partial charge in [0.05, 0.1) is 5.60 Å². The van der Waals surface area contributed by atoms with Crippen molar-refractivity contribution in [3.05, 3.63) is 29.6 Å². The number of hydrogen-bond donors (Lipinski definition) is 1. The fourth-order valence-electron chi connectivity index (χ4n) is 4.43. The summed E-state index contributed by atoms with van der Waals surface area (Å²) in [5.74, 6) is 1.16. The molecule has 0 aliphatic heterocycles. The van der Waals surface area contributed by atoms with Gasteiger partial charge in [0, 0.05) is 17.5 Å². The van der Waals surface area contributed by atoms with Crippen LogP contribution in [0.15, 0.2) is 18.3 Å². The Balaban J connectivity index is 1.88. The van der Waals surface area contributed by atoms with Crippen LogP contribution in [0.2, 0.25) is 0 Å². The molecule has 1 aromatic heterocycles. The minimum absolute atomic E-state index is 0.445. The maximum absolute atomic E-state index is 11.4. The third kappa shape index (κ3) is 2.63. The van der Waals surface area contributed by atoms with Crippen molar-refractivity contribution in [1.82, 2.24) is 4.98 Å². The third-order valence-electron chi connectivity index (χ3n) is 5.57. The standard InChI is InChI=1S/C18H27NO/c1-14-10-11-16(13-19-14)18(20)12-6-5-9-17(18)15-7-3-2-4-8-15/h10-11,13,15,17,20H,2-9,12H2,1H3. The SMILES string of the molecule is Cc1ccc(C2(O)CCCCC2C2CCCCC2)cn1. The normalized spacial score (nSPS) is 32.2. The second-order valence-corrected chi connectivity index (χ2v) is 6.86. The van der Waals surface area contributed by atoms with E-state index in [1.54, 1.807) is 0 Å². The first kappa shape index (κ1) is 14.1. The lowest BCUT2D eigenvalue weighted by Crippen LogP contribution is -2.42. The van der Waals surface area contributed by atoms with Crippen LogP contribution in [0.3, 0.4) is 0 Å². The number of aliphatic hydroxyl groups is 1. The van der Waals surface area contributed by atoms with E-state index in [1.165, 1.54) is 44.9 Å². The third-order valence-corrected chi connectivity index (χ3v) is 5.57.